The van der Waals surface area contributed by atoms with Crippen LogP contribution in [0.15, 0.2) is 76.0 Å². The van der Waals surface area contributed by atoms with Crippen molar-refractivity contribution in [2.45, 2.75) is 20.8 Å². The molecule has 33 heavy (non-hydrogen) atoms. The van der Waals surface area contributed by atoms with E-state index in [-0.39, 0.29) is 11.4 Å². The molecular formula is C26H22N4O3. The smallest absolute Gasteiger partial charge is 0.279 e. The number of fused-ring (bicyclic) bond motifs is 1. The minimum Gasteiger partial charge on any atom is -0.494 e. The SMILES string of the molecule is CCOc1ccc(-c2noc(-c3nn(-c4ccc(C)c(C)c4)c(=O)c4ccccc34)n2)cc1. The van der Waals surface area contributed by atoms with Crippen molar-refractivity contribution in [2.75, 3.05) is 6.61 Å². The predicted octanol–water partition coefficient (Wildman–Crippen LogP) is 5.12. The first kappa shape index (κ1) is 20.6. The fourth-order valence-corrected chi connectivity index (χ4v) is 3.68. The number of ether oxygens (including phenoxy) is 1. The Morgan fingerprint density at radius 2 is 1.70 bits per heavy atom. The van der Waals surface area contributed by atoms with E-state index in [1.54, 1.807) is 6.07 Å². The van der Waals surface area contributed by atoms with Gasteiger partial charge in [-0.1, -0.05) is 29.4 Å². The number of nitrogens with zero attached hydrogens (tertiary/aromatic N) is 4. The molecule has 0 aliphatic rings. The first-order valence-corrected chi connectivity index (χ1v) is 10.7. The number of rotatable bonds is 5. The van der Waals surface area contributed by atoms with Crippen molar-refractivity contribution in [3.8, 4) is 34.4 Å². The highest BCUT2D eigenvalue weighted by atomic mass is 16.5. The topological polar surface area (TPSA) is 83.0 Å². The van der Waals surface area contributed by atoms with Crippen molar-refractivity contribution >= 4 is 10.8 Å². The van der Waals surface area contributed by atoms with Crippen LogP contribution in [0.1, 0.15) is 18.1 Å². The lowest BCUT2D eigenvalue weighted by molar-refractivity contribution is 0.340. The zero-order valence-electron chi connectivity index (χ0n) is 18.6. The number of aryl methyl sites for hydroxylation is 2. The molecule has 5 aromatic rings. The molecule has 7 heteroatoms. The zero-order valence-corrected chi connectivity index (χ0v) is 18.6. The summed E-state index contributed by atoms with van der Waals surface area (Å²) in [6.07, 6.45) is 0. The van der Waals surface area contributed by atoms with Crippen molar-refractivity contribution in [1.82, 2.24) is 19.9 Å². The van der Waals surface area contributed by atoms with Crippen LogP contribution in [0.5, 0.6) is 5.75 Å². The first-order chi connectivity index (χ1) is 16.0. The zero-order chi connectivity index (χ0) is 22.9. The Morgan fingerprint density at radius 1 is 0.939 bits per heavy atom. The van der Waals surface area contributed by atoms with Gasteiger partial charge >= 0.3 is 0 Å². The molecule has 2 heterocycles. The van der Waals surface area contributed by atoms with E-state index < -0.39 is 0 Å². The third-order valence-electron chi connectivity index (χ3n) is 5.59. The molecule has 0 amide bonds. The summed E-state index contributed by atoms with van der Waals surface area (Å²) in [6, 6.07) is 20.6. The molecule has 0 unspecified atom stereocenters. The normalized spacial score (nSPS) is 11.1. The van der Waals surface area contributed by atoms with Crippen molar-refractivity contribution in [1.29, 1.82) is 0 Å². The van der Waals surface area contributed by atoms with Gasteiger partial charge in [0.1, 0.15) is 5.75 Å². The molecule has 3 aromatic carbocycles. The fraction of sp³-hybridized carbons (Fsp3) is 0.154. The second-order valence-electron chi connectivity index (χ2n) is 7.76. The highest BCUT2D eigenvalue weighted by Crippen LogP contribution is 2.27. The Morgan fingerprint density at radius 3 is 2.42 bits per heavy atom. The van der Waals surface area contributed by atoms with Crippen LogP contribution in [0.25, 0.3) is 39.4 Å². The Labute approximate surface area is 190 Å². The van der Waals surface area contributed by atoms with Crippen LogP contribution >= 0.6 is 0 Å². The van der Waals surface area contributed by atoms with Gasteiger partial charge < -0.3 is 9.26 Å². The molecule has 0 atom stereocenters. The average molecular weight is 438 g/mol. The molecule has 7 nitrogen and oxygen atoms in total. The summed E-state index contributed by atoms with van der Waals surface area (Å²) in [5.74, 6) is 1.45. The summed E-state index contributed by atoms with van der Waals surface area (Å²) < 4.78 is 12.5. The molecule has 0 aliphatic carbocycles. The number of hydrogen-bond acceptors (Lipinski definition) is 6. The predicted molar refractivity (Wildman–Crippen MR) is 127 cm³/mol. The van der Waals surface area contributed by atoms with E-state index in [0.717, 1.165) is 22.4 Å². The van der Waals surface area contributed by atoms with Crippen molar-refractivity contribution in [3.05, 3.63) is 88.2 Å². The van der Waals surface area contributed by atoms with Gasteiger partial charge in [0, 0.05) is 10.9 Å². The highest BCUT2D eigenvalue weighted by molar-refractivity contribution is 5.92. The number of hydrogen-bond donors (Lipinski definition) is 0. The van der Waals surface area contributed by atoms with Crippen LogP contribution in [-0.2, 0) is 0 Å². The Balaban J connectivity index is 1.65. The third kappa shape index (κ3) is 3.78. The maximum Gasteiger partial charge on any atom is 0.279 e. The molecule has 0 aliphatic heterocycles. The quantitative estimate of drug-likeness (QED) is 0.379. The van der Waals surface area contributed by atoms with E-state index in [9.17, 15) is 4.79 Å². The lowest BCUT2D eigenvalue weighted by atomic mass is 10.1. The van der Waals surface area contributed by atoms with Crippen LogP contribution < -0.4 is 10.3 Å². The number of aromatic nitrogens is 4. The molecule has 0 N–H and O–H groups in total. The first-order valence-electron chi connectivity index (χ1n) is 10.7. The van der Waals surface area contributed by atoms with Crippen LogP contribution in [0, 0.1) is 13.8 Å². The van der Waals surface area contributed by atoms with Crippen molar-refractivity contribution in [3.63, 3.8) is 0 Å². The van der Waals surface area contributed by atoms with Crippen LogP contribution in [0.4, 0.5) is 0 Å². The Kier molecular flexibility index (Phi) is 5.22. The highest BCUT2D eigenvalue weighted by Gasteiger charge is 2.19. The lowest BCUT2D eigenvalue weighted by Crippen LogP contribution is -2.22. The minimum absolute atomic E-state index is 0.205. The van der Waals surface area contributed by atoms with Crippen LogP contribution in [-0.4, -0.2) is 26.5 Å². The van der Waals surface area contributed by atoms with Gasteiger partial charge in [0.15, 0.2) is 5.69 Å². The Bertz CT molecular complexity index is 1520. The van der Waals surface area contributed by atoms with Crippen LogP contribution in [0.2, 0.25) is 0 Å². The molecule has 0 saturated carbocycles. The second kappa shape index (κ2) is 8.35. The van der Waals surface area contributed by atoms with E-state index in [0.29, 0.717) is 34.6 Å². The van der Waals surface area contributed by atoms with E-state index in [1.807, 2.05) is 81.4 Å². The molecule has 0 fully saturated rings. The van der Waals surface area contributed by atoms with Gasteiger partial charge in [-0.2, -0.15) is 14.8 Å². The lowest BCUT2D eigenvalue weighted by Gasteiger charge is -2.10. The van der Waals surface area contributed by atoms with E-state index >= 15 is 0 Å². The summed E-state index contributed by atoms with van der Waals surface area (Å²) in [4.78, 5) is 17.8. The summed E-state index contributed by atoms with van der Waals surface area (Å²) >= 11 is 0. The standard InChI is InChI=1S/C26H22N4O3/c1-4-32-20-13-10-18(11-14-20)24-27-25(33-29-24)23-21-7-5-6-8-22(21)26(31)30(28-23)19-12-9-16(2)17(3)15-19/h5-15H,4H2,1-3H3. The Hall–Kier alpha value is -4.26. The maximum atomic E-state index is 13.2. The van der Waals surface area contributed by atoms with Gasteiger partial charge in [-0.3, -0.25) is 4.79 Å². The average Bonchev–Trinajstić information content (AvgIpc) is 3.32. The molecule has 164 valence electrons. The minimum atomic E-state index is -0.205. The van der Waals surface area contributed by atoms with E-state index in [2.05, 4.69) is 15.2 Å². The maximum absolute atomic E-state index is 13.2. The molecule has 0 bridgehead atoms. The van der Waals surface area contributed by atoms with Crippen molar-refractivity contribution in [2.24, 2.45) is 0 Å². The molecule has 0 spiro atoms. The third-order valence-corrected chi connectivity index (χ3v) is 5.59. The fourth-order valence-electron chi connectivity index (χ4n) is 3.68. The molecule has 0 radical (unpaired) electrons. The number of benzene rings is 3. The van der Waals surface area contributed by atoms with Gasteiger partial charge in [-0.25, -0.2) is 0 Å². The van der Waals surface area contributed by atoms with Gasteiger partial charge in [0.25, 0.3) is 11.4 Å². The van der Waals surface area contributed by atoms with Gasteiger partial charge in [-0.05, 0) is 74.4 Å². The largest absolute Gasteiger partial charge is 0.494 e. The molecule has 0 saturated heterocycles. The van der Waals surface area contributed by atoms with Gasteiger partial charge in [0.2, 0.25) is 5.82 Å². The van der Waals surface area contributed by atoms with E-state index in [1.165, 1.54) is 4.68 Å². The van der Waals surface area contributed by atoms with Crippen LogP contribution in [0.3, 0.4) is 0 Å². The summed E-state index contributed by atoms with van der Waals surface area (Å²) in [5.41, 5.74) is 3.94. The van der Waals surface area contributed by atoms with Gasteiger partial charge in [-0.15, -0.1) is 0 Å². The van der Waals surface area contributed by atoms with E-state index in [4.69, 9.17) is 9.26 Å². The summed E-state index contributed by atoms with van der Waals surface area (Å²) in [6.45, 7) is 6.57. The van der Waals surface area contributed by atoms with Crippen molar-refractivity contribution < 1.29 is 9.26 Å². The summed E-state index contributed by atoms with van der Waals surface area (Å²) in [7, 11) is 0. The second-order valence-corrected chi connectivity index (χ2v) is 7.76. The van der Waals surface area contributed by atoms with Gasteiger partial charge in [0.05, 0.1) is 17.7 Å². The molecule has 5 rings (SSSR count). The molecular weight excluding hydrogens is 416 g/mol. The molecule has 2 aromatic heterocycles. The monoisotopic (exact) mass is 438 g/mol. The summed E-state index contributed by atoms with van der Waals surface area (Å²) in [5, 5.41) is 9.97.